The molecule has 0 radical (unpaired) electrons. The Kier molecular flexibility index (Phi) is 9.28. The molecule has 0 aliphatic heterocycles. The minimum atomic E-state index is -0.736. The van der Waals surface area contributed by atoms with Gasteiger partial charge in [0.05, 0.1) is 5.76 Å². The van der Waals surface area contributed by atoms with Crippen LogP contribution in [0.15, 0.2) is 18.5 Å². The summed E-state index contributed by atoms with van der Waals surface area (Å²) in [5.41, 5.74) is 8.70. The SMILES string of the molecule is C=C(O)CCc1c(C)[nH]c(C(C)C)c1C.Cc1c[nH]c(C(C)C)c1CCC(=O)O. The number of rotatable bonds is 8. The summed E-state index contributed by atoms with van der Waals surface area (Å²) in [6, 6.07) is 0. The van der Waals surface area contributed by atoms with Crippen molar-refractivity contribution in [3.63, 3.8) is 0 Å². The van der Waals surface area contributed by atoms with Gasteiger partial charge in [0.2, 0.25) is 0 Å². The topological polar surface area (TPSA) is 89.1 Å². The maximum atomic E-state index is 10.5. The standard InChI is InChI=1S/C13H21NO.C11H17NO2/c1-8(2)13-10(4)12(11(5)14-13)7-6-9(3)15;1-7(2)11-9(4-5-10(13)14)8(3)6-12-11/h8,14-15H,3,6-7H2,1-2,4-5H3;6-7,12H,4-5H2,1-3H3,(H,13,14). The van der Waals surface area contributed by atoms with E-state index in [1.54, 1.807) is 0 Å². The summed E-state index contributed by atoms with van der Waals surface area (Å²) >= 11 is 0. The van der Waals surface area contributed by atoms with Crippen LogP contribution in [-0.2, 0) is 17.6 Å². The van der Waals surface area contributed by atoms with Crippen LogP contribution in [0.1, 0.15) is 91.7 Å². The highest BCUT2D eigenvalue weighted by atomic mass is 16.4. The second-order valence-corrected chi connectivity index (χ2v) is 8.40. The van der Waals surface area contributed by atoms with Crippen LogP contribution >= 0.6 is 0 Å². The van der Waals surface area contributed by atoms with Crippen LogP contribution in [0.4, 0.5) is 0 Å². The van der Waals surface area contributed by atoms with Gasteiger partial charge in [0, 0.05) is 36.1 Å². The van der Waals surface area contributed by atoms with E-state index in [-0.39, 0.29) is 12.2 Å². The van der Waals surface area contributed by atoms with Crippen LogP contribution in [-0.4, -0.2) is 26.2 Å². The molecule has 4 N–H and O–H groups in total. The monoisotopic (exact) mass is 402 g/mol. The van der Waals surface area contributed by atoms with Crippen molar-refractivity contribution in [2.24, 2.45) is 0 Å². The quantitative estimate of drug-likeness (QED) is 0.395. The highest BCUT2D eigenvalue weighted by Gasteiger charge is 2.14. The van der Waals surface area contributed by atoms with E-state index >= 15 is 0 Å². The van der Waals surface area contributed by atoms with Crippen LogP contribution in [0, 0.1) is 20.8 Å². The predicted octanol–water partition coefficient (Wildman–Crippen LogP) is 6.22. The van der Waals surface area contributed by atoms with Gasteiger partial charge in [-0.05, 0) is 67.7 Å². The highest BCUT2D eigenvalue weighted by Crippen LogP contribution is 2.25. The van der Waals surface area contributed by atoms with Gasteiger partial charge in [-0.25, -0.2) is 0 Å². The van der Waals surface area contributed by atoms with Gasteiger partial charge in [-0.2, -0.15) is 0 Å². The van der Waals surface area contributed by atoms with Crippen molar-refractivity contribution in [3.8, 4) is 0 Å². The van der Waals surface area contributed by atoms with E-state index in [0.717, 1.165) is 12.0 Å². The first kappa shape index (κ1) is 24.6. The molecule has 2 heterocycles. The summed E-state index contributed by atoms with van der Waals surface area (Å²) in [6.45, 7) is 18.4. The third-order valence-electron chi connectivity index (χ3n) is 5.28. The smallest absolute Gasteiger partial charge is 0.303 e. The number of aliphatic hydroxyl groups excluding tert-OH is 1. The Bertz CT molecular complexity index is 826. The van der Waals surface area contributed by atoms with E-state index < -0.39 is 5.97 Å². The molecule has 5 nitrogen and oxygen atoms in total. The second-order valence-electron chi connectivity index (χ2n) is 8.40. The first-order valence-corrected chi connectivity index (χ1v) is 10.4. The van der Waals surface area contributed by atoms with Gasteiger partial charge in [0.1, 0.15) is 0 Å². The Morgan fingerprint density at radius 1 is 0.966 bits per heavy atom. The molecule has 0 saturated carbocycles. The number of hydrogen-bond acceptors (Lipinski definition) is 2. The van der Waals surface area contributed by atoms with E-state index in [4.69, 9.17) is 10.2 Å². The van der Waals surface area contributed by atoms with Crippen LogP contribution in [0.2, 0.25) is 0 Å². The Morgan fingerprint density at radius 3 is 1.97 bits per heavy atom. The molecule has 2 aromatic rings. The number of hydrogen-bond donors (Lipinski definition) is 4. The molecule has 2 rings (SSSR count). The van der Waals surface area contributed by atoms with Crippen LogP contribution in [0.5, 0.6) is 0 Å². The number of carboxylic acids is 1. The van der Waals surface area contributed by atoms with E-state index in [9.17, 15) is 4.79 Å². The molecule has 0 aliphatic carbocycles. The summed E-state index contributed by atoms with van der Waals surface area (Å²) < 4.78 is 0. The lowest BCUT2D eigenvalue weighted by molar-refractivity contribution is -0.136. The molecule has 0 saturated heterocycles. The zero-order valence-corrected chi connectivity index (χ0v) is 19.1. The van der Waals surface area contributed by atoms with Crippen molar-refractivity contribution in [2.75, 3.05) is 0 Å². The fourth-order valence-corrected chi connectivity index (χ4v) is 3.69. The molecule has 0 spiro atoms. The van der Waals surface area contributed by atoms with Crippen molar-refractivity contribution >= 4 is 5.97 Å². The Hall–Kier alpha value is -2.43. The third kappa shape index (κ3) is 7.15. The summed E-state index contributed by atoms with van der Waals surface area (Å²) in [5.74, 6) is 0.476. The van der Waals surface area contributed by atoms with Gasteiger partial charge in [0.25, 0.3) is 0 Å². The lowest BCUT2D eigenvalue weighted by atomic mass is 10.00. The number of aliphatic hydroxyl groups is 1. The first-order chi connectivity index (χ1) is 13.5. The molecule has 0 fully saturated rings. The minimum absolute atomic E-state index is 0.207. The van der Waals surface area contributed by atoms with Crippen molar-refractivity contribution < 1.29 is 15.0 Å². The molecule has 29 heavy (non-hydrogen) atoms. The van der Waals surface area contributed by atoms with Gasteiger partial charge in [-0.1, -0.05) is 34.3 Å². The number of aryl methyl sites for hydroxylation is 2. The average molecular weight is 403 g/mol. The van der Waals surface area contributed by atoms with Gasteiger partial charge < -0.3 is 20.2 Å². The minimum Gasteiger partial charge on any atom is -0.513 e. The van der Waals surface area contributed by atoms with E-state index in [1.165, 1.54) is 33.8 Å². The fourth-order valence-electron chi connectivity index (χ4n) is 3.69. The number of aromatic nitrogens is 2. The highest BCUT2D eigenvalue weighted by molar-refractivity contribution is 5.67. The first-order valence-electron chi connectivity index (χ1n) is 10.4. The Labute approximate surface area is 175 Å². The maximum absolute atomic E-state index is 10.5. The van der Waals surface area contributed by atoms with Gasteiger partial charge in [-0.15, -0.1) is 0 Å². The molecule has 0 aromatic carbocycles. The predicted molar refractivity (Wildman–Crippen MR) is 120 cm³/mol. The molecule has 0 amide bonds. The molecule has 5 heteroatoms. The lowest BCUT2D eigenvalue weighted by Gasteiger charge is -2.07. The number of carboxylic acid groups (broad SMARTS) is 1. The summed E-state index contributed by atoms with van der Waals surface area (Å²) in [7, 11) is 0. The van der Waals surface area contributed by atoms with Gasteiger partial charge in [0.15, 0.2) is 0 Å². The average Bonchev–Trinajstić information content (AvgIpc) is 3.11. The van der Waals surface area contributed by atoms with Crippen molar-refractivity contribution in [2.45, 2.75) is 86.0 Å². The third-order valence-corrected chi connectivity index (χ3v) is 5.28. The molecule has 0 aliphatic rings. The van der Waals surface area contributed by atoms with Gasteiger partial charge >= 0.3 is 5.97 Å². The summed E-state index contributed by atoms with van der Waals surface area (Å²) in [5, 5.41) is 17.7. The summed E-state index contributed by atoms with van der Waals surface area (Å²) in [4.78, 5) is 17.1. The maximum Gasteiger partial charge on any atom is 0.303 e. The number of allylic oxidation sites excluding steroid dienone is 1. The Balaban J connectivity index is 0.000000291. The number of aliphatic carboxylic acids is 1. The van der Waals surface area contributed by atoms with E-state index in [1.807, 2.05) is 13.1 Å². The largest absolute Gasteiger partial charge is 0.513 e. The van der Waals surface area contributed by atoms with E-state index in [2.05, 4.69) is 58.1 Å². The van der Waals surface area contributed by atoms with E-state index in [0.29, 0.717) is 24.7 Å². The number of carbonyl (C=O) groups is 1. The van der Waals surface area contributed by atoms with Crippen LogP contribution in [0.3, 0.4) is 0 Å². The summed E-state index contributed by atoms with van der Waals surface area (Å²) in [6.07, 6.45) is 4.30. The normalized spacial score (nSPS) is 10.9. The van der Waals surface area contributed by atoms with Gasteiger partial charge in [-0.3, -0.25) is 4.79 Å². The molecule has 2 aromatic heterocycles. The number of nitrogens with one attached hydrogen (secondary N) is 2. The van der Waals surface area contributed by atoms with Crippen molar-refractivity contribution in [1.29, 1.82) is 0 Å². The molecule has 0 atom stereocenters. The molecule has 0 bridgehead atoms. The second kappa shape index (κ2) is 10.9. The zero-order chi connectivity index (χ0) is 22.3. The zero-order valence-electron chi connectivity index (χ0n) is 19.1. The molecular formula is C24H38N2O3. The number of H-pyrrole nitrogens is 2. The molecule has 162 valence electrons. The van der Waals surface area contributed by atoms with Crippen molar-refractivity contribution in [3.05, 3.63) is 57.9 Å². The van der Waals surface area contributed by atoms with Crippen molar-refractivity contribution in [1.82, 2.24) is 9.97 Å². The van der Waals surface area contributed by atoms with Crippen LogP contribution < -0.4 is 0 Å². The van der Waals surface area contributed by atoms with Crippen LogP contribution in [0.25, 0.3) is 0 Å². The fraction of sp³-hybridized carbons (Fsp3) is 0.542. The number of aromatic amines is 2. The lowest BCUT2D eigenvalue weighted by Crippen LogP contribution is -2.01. The Morgan fingerprint density at radius 2 is 1.52 bits per heavy atom. The molecular weight excluding hydrogens is 364 g/mol. The molecule has 0 unspecified atom stereocenters.